The molecule has 5 heteroatoms. The molecule has 0 aliphatic carbocycles. The molecule has 1 aromatic rings. The van der Waals surface area contributed by atoms with Gasteiger partial charge in [0, 0.05) is 12.1 Å². The predicted octanol–water partition coefficient (Wildman–Crippen LogP) is 3.35. The summed E-state index contributed by atoms with van der Waals surface area (Å²) < 4.78 is 25.6. The summed E-state index contributed by atoms with van der Waals surface area (Å²) in [5.74, 6) is -2.02. The van der Waals surface area contributed by atoms with Gasteiger partial charge in [0.2, 0.25) is 0 Å². The quantitative estimate of drug-likeness (QED) is 0.821. The van der Waals surface area contributed by atoms with Crippen LogP contribution in [-0.2, 0) is 0 Å². The second-order valence-corrected chi connectivity index (χ2v) is 5.18. The summed E-state index contributed by atoms with van der Waals surface area (Å²) in [4.78, 5) is 11.6. The Balaban J connectivity index is 2.52. The van der Waals surface area contributed by atoms with Crippen LogP contribution in [0.3, 0.4) is 0 Å². The molecule has 100 valence electrons. The van der Waals surface area contributed by atoms with E-state index in [0.717, 1.165) is 18.6 Å². The minimum Gasteiger partial charge on any atom is -0.351 e. The number of amides is 1. The first-order chi connectivity index (χ1) is 8.40. The van der Waals surface area contributed by atoms with E-state index >= 15 is 0 Å². The molecule has 18 heavy (non-hydrogen) atoms. The van der Waals surface area contributed by atoms with Crippen molar-refractivity contribution in [3.05, 3.63) is 35.4 Å². The van der Waals surface area contributed by atoms with Gasteiger partial charge in [-0.2, -0.15) is 0 Å². The van der Waals surface area contributed by atoms with E-state index in [1.165, 1.54) is 6.07 Å². The zero-order valence-corrected chi connectivity index (χ0v) is 11.1. The second-order valence-electron chi connectivity index (χ2n) is 4.57. The van der Waals surface area contributed by atoms with Gasteiger partial charge in [-0.05, 0) is 30.5 Å². The van der Waals surface area contributed by atoms with Crippen LogP contribution in [0.15, 0.2) is 18.2 Å². The SMILES string of the molecule is CC(C)CC(Cl)CNC(=O)c1ccc(F)c(F)c1. The van der Waals surface area contributed by atoms with Crippen LogP contribution in [-0.4, -0.2) is 17.8 Å². The van der Waals surface area contributed by atoms with Crippen molar-refractivity contribution >= 4 is 17.5 Å². The molecular formula is C13H16ClF2NO. The number of alkyl halides is 1. The van der Waals surface area contributed by atoms with Gasteiger partial charge in [0.15, 0.2) is 11.6 Å². The van der Waals surface area contributed by atoms with Gasteiger partial charge in [-0.25, -0.2) is 8.78 Å². The second kappa shape index (κ2) is 6.69. The van der Waals surface area contributed by atoms with Crippen LogP contribution in [0.2, 0.25) is 0 Å². The maximum absolute atomic E-state index is 12.9. The van der Waals surface area contributed by atoms with E-state index in [0.29, 0.717) is 12.5 Å². The highest BCUT2D eigenvalue weighted by molar-refractivity contribution is 6.20. The van der Waals surface area contributed by atoms with Gasteiger partial charge in [-0.1, -0.05) is 13.8 Å². The number of benzene rings is 1. The molecule has 0 bridgehead atoms. The molecule has 1 atom stereocenters. The largest absolute Gasteiger partial charge is 0.351 e. The van der Waals surface area contributed by atoms with Crippen molar-refractivity contribution in [2.75, 3.05) is 6.54 Å². The number of hydrogen-bond donors (Lipinski definition) is 1. The van der Waals surface area contributed by atoms with Gasteiger partial charge in [0.05, 0.1) is 5.38 Å². The number of rotatable bonds is 5. The normalized spacial score (nSPS) is 12.6. The van der Waals surface area contributed by atoms with Crippen LogP contribution >= 0.6 is 11.6 Å². The molecular weight excluding hydrogens is 260 g/mol. The fourth-order valence-corrected chi connectivity index (χ4v) is 1.97. The van der Waals surface area contributed by atoms with Gasteiger partial charge in [-0.3, -0.25) is 4.79 Å². The molecule has 0 heterocycles. The first-order valence-corrected chi connectivity index (χ1v) is 6.21. The van der Waals surface area contributed by atoms with Crippen LogP contribution in [0.5, 0.6) is 0 Å². The van der Waals surface area contributed by atoms with E-state index in [4.69, 9.17) is 11.6 Å². The number of nitrogens with one attached hydrogen (secondary N) is 1. The number of halogens is 3. The summed E-state index contributed by atoms with van der Waals surface area (Å²) >= 11 is 6.02. The molecule has 2 nitrogen and oxygen atoms in total. The molecule has 1 N–H and O–H groups in total. The maximum atomic E-state index is 12.9. The number of carbonyl (C=O) groups is 1. The lowest BCUT2D eigenvalue weighted by Gasteiger charge is -2.13. The third-order valence-electron chi connectivity index (χ3n) is 2.39. The highest BCUT2D eigenvalue weighted by Crippen LogP contribution is 2.11. The average molecular weight is 276 g/mol. The molecule has 0 spiro atoms. The van der Waals surface area contributed by atoms with Gasteiger partial charge in [0.1, 0.15) is 0 Å². The van der Waals surface area contributed by atoms with Crippen molar-refractivity contribution in [3.8, 4) is 0 Å². The van der Waals surface area contributed by atoms with E-state index in [1.54, 1.807) is 0 Å². The van der Waals surface area contributed by atoms with Gasteiger partial charge < -0.3 is 5.32 Å². The van der Waals surface area contributed by atoms with E-state index in [9.17, 15) is 13.6 Å². The number of carbonyl (C=O) groups excluding carboxylic acids is 1. The Bertz CT molecular complexity index is 423. The summed E-state index contributed by atoms with van der Waals surface area (Å²) in [5, 5.41) is 2.42. The van der Waals surface area contributed by atoms with Crippen molar-refractivity contribution in [2.24, 2.45) is 5.92 Å². The fourth-order valence-electron chi connectivity index (χ4n) is 1.54. The van der Waals surface area contributed by atoms with Crippen molar-refractivity contribution in [3.63, 3.8) is 0 Å². The Hall–Kier alpha value is -1.16. The zero-order chi connectivity index (χ0) is 13.7. The molecule has 0 aliphatic rings. The summed E-state index contributed by atoms with van der Waals surface area (Å²) in [5.41, 5.74) is 0.0855. The maximum Gasteiger partial charge on any atom is 0.251 e. The van der Waals surface area contributed by atoms with E-state index < -0.39 is 17.5 Å². The average Bonchev–Trinajstić information content (AvgIpc) is 2.28. The van der Waals surface area contributed by atoms with Crippen LogP contribution < -0.4 is 5.32 Å². The Morgan fingerprint density at radius 3 is 2.56 bits per heavy atom. The minimum atomic E-state index is -1.03. The van der Waals surface area contributed by atoms with Crippen LogP contribution in [0.1, 0.15) is 30.6 Å². The van der Waals surface area contributed by atoms with Gasteiger partial charge >= 0.3 is 0 Å². The van der Waals surface area contributed by atoms with Gasteiger partial charge in [-0.15, -0.1) is 11.6 Å². The third-order valence-corrected chi connectivity index (χ3v) is 2.73. The molecule has 0 saturated heterocycles. The Morgan fingerprint density at radius 2 is 2.00 bits per heavy atom. The first-order valence-electron chi connectivity index (χ1n) is 5.77. The van der Waals surface area contributed by atoms with E-state index in [2.05, 4.69) is 5.32 Å². The van der Waals surface area contributed by atoms with Gasteiger partial charge in [0.25, 0.3) is 5.91 Å². The number of hydrogen-bond acceptors (Lipinski definition) is 1. The van der Waals surface area contributed by atoms with Crippen molar-refractivity contribution in [2.45, 2.75) is 25.6 Å². The molecule has 0 fully saturated rings. The third kappa shape index (κ3) is 4.61. The van der Waals surface area contributed by atoms with Crippen LogP contribution in [0.4, 0.5) is 8.78 Å². The molecule has 0 radical (unpaired) electrons. The lowest BCUT2D eigenvalue weighted by atomic mass is 10.1. The molecule has 0 aromatic heterocycles. The Labute approximate surface area is 110 Å². The topological polar surface area (TPSA) is 29.1 Å². The molecule has 1 rings (SSSR count). The lowest BCUT2D eigenvalue weighted by molar-refractivity contribution is 0.0952. The van der Waals surface area contributed by atoms with Crippen molar-refractivity contribution < 1.29 is 13.6 Å². The van der Waals surface area contributed by atoms with E-state index in [1.807, 2.05) is 13.8 Å². The van der Waals surface area contributed by atoms with Crippen molar-refractivity contribution in [1.82, 2.24) is 5.32 Å². The first kappa shape index (κ1) is 14.9. The van der Waals surface area contributed by atoms with Crippen LogP contribution in [0, 0.1) is 17.6 Å². The smallest absolute Gasteiger partial charge is 0.251 e. The molecule has 1 amide bonds. The summed E-state index contributed by atoms with van der Waals surface area (Å²) in [6, 6.07) is 3.03. The standard InChI is InChI=1S/C13H16ClF2NO/c1-8(2)5-10(14)7-17-13(18)9-3-4-11(15)12(16)6-9/h3-4,6,8,10H,5,7H2,1-2H3,(H,17,18). The molecule has 1 unspecified atom stereocenters. The molecule has 1 aromatic carbocycles. The summed E-state index contributed by atoms with van der Waals surface area (Å²) in [7, 11) is 0. The molecule has 0 saturated carbocycles. The monoisotopic (exact) mass is 275 g/mol. The fraction of sp³-hybridized carbons (Fsp3) is 0.462. The summed E-state index contributed by atoms with van der Waals surface area (Å²) in [6.07, 6.45) is 0.777. The Morgan fingerprint density at radius 1 is 1.33 bits per heavy atom. The highest BCUT2D eigenvalue weighted by Gasteiger charge is 2.12. The predicted molar refractivity (Wildman–Crippen MR) is 67.8 cm³/mol. The highest BCUT2D eigenvalue weighted by atomic mass is 35.5. The minimum absolute atomic E-state index is 0.0855. The Kier molecular flexibility index (Phi) is 5.54. The molecule has 0 aliphatic heterocycles. The lowest BCUT2D eigenvalue weighted by Crippen LogP contribution is -2.30. The zero-order valence-electron chi connectivity index (χ0n) is 10.3. The van der Waals surface area contributed by atoms with Crippen LogP contribution in [0.25, 0.3) is 0 Å². The van der Waals surface area contributed by atoms with E-state index in [-0.39, 0.29) is 10.9 Å². The van der Waals surface area contributed by atoms with Crippen molar-refractivity contribution in [1.29, 1.82) is 0 Å². The summed E-state index contributed by atoms with van der Waals surface area (Å²) in [6.45, 7) is 4.37.